The number of carbonyl (C=O) groups is 3. The second-order valence-electron chi connectivity index (χ2n) is 5.82. The number of nitrogens with two attached hydrogens (primary N) is 1. The lowest BCUT2D eigenvalue weighted by atomic mass is 10.2. The van der Waals surface area contributed by atoms with Crippen LogP contribution in [0.4, 0.5) is 10.5 Å². The van der Waals surface area contributed by atoms with Crippen LogP contribution in [-0.2, 0) is 4.74 Å². The number of amides is 3. The highest BCUT2D eigenvalue weighted by molar-refractivity contribution is 9.10. The van der Waals surface area contributed by atoms with Gasteiger partial charge >= 0.3 is 6.09 Å². The number of hydrazine groups is 1. The Labute approximate surface area is 203 Å². The number of hydrogen-bond acceptors (Lipinski definition) is 8. The lowest BCUT2D eigenvalue weighted by molar-refractivity contribution is 0.0702. The number of hydrogen-bond donors (Lipinski definition) is 2. The molecule has 3 N–H and O–H groups in total. The van der Waals surface area contributed by atoms with Crippen molar-refractivity contribution in [2.75, 3.05) is 12.4 Å². The monoisotopic (exact) mass is 561 g/mol. The van der Waals surface area contributed by atoms with Gasteiger partial charge < -0.3 is 10.1 Å². The molecule has 0 fully saturated rings. The smallest absolute Gasteiger partial charge is 0.431 e. The first kappa shape index (κ1) is 23.9. The van der Waals surface area contributed by atoms with E-state index in [-0.39, 0.29) is 37.4 Å². The summed E-state index contributed by atoms with van der Waals surface area (Å²) in [5.74, 6) is 3.76. The van der Waals surface area contributed by atoms with Crippen LogP contribution in [0.15, 0.2) is 35.1 Å². The van der Waals surface area contributed by atoms with Gasteiger partial charge in [-0.15, -0.1) is 0 Å². The van der Waals surface area contributed by atoms with Gasteiger partial charge in [0.2, 0.25) is 0 Å². The van der Waals surface area contributed by atoms with E-state index in [1.54, 1.807) is 12.1 Å². The van der Waals surface area contributed by atoms with Crippen molar-refractivity contribution in [1.29, 1.82) is 0 Å². The SMILES string of the molecule is COC(=O)N(N)C(=O)c1nc(Cl)cc(Cl)c1NC(=O)c1cc(Br)nn1-c1ncccc1Cl. The first-order valence-electron chi connectivity index (χ1n) is 8.35. The van der Waals surface area contributed by atoms with Gasteiger partial charge in [0.15, 0.2) is 11.5 Å². The van der Waals surface area contributed by atoms with Crippen LogP contribution < -0.4 is 11.2 Å². The molecule has 0 spiro atoms. The van der Waals surface area contributed by atoms with Crippen molar-refractivity contribution in [2.45, 2.75) is 0 Å². The van der Waals surface area contributed by atoms with Gasteiger partial charge in [0, 0.05) is 12.3 Å². The third-order valence-corrected chi connectivity index (χ3v) is 5.00. The number of rotatable bonds is 4. The molecule has 0 saturated carbocycles. The molecule has 3 aromatic rings. The van der Waals surface area contributed by atoms with Crippen LogP contribution in [-0.4, -0.2) is 49.8 Å². The number of pyridine rings is 2. The molecule has 3 rings (SSSR count). The molecule has 3 aromatic heterocycles. The molecule has 0 aliphatic rings. The zero-order valence-corrected chi connectivity index (χ0v) is 19.7. The van der Waals surface area contributed by atoms with Crippen LogP contribution in [0.3, 0.4) is 0 Å². The van der Waals surface area contributed by atoms with Crippen molar-refractivity contribution < 1.29 is 19.1 Å². The van der Waals surface area contributed by atoms with E-state index < -0.39 is 23.6 Å². The maximum atomic E-state index is 13.1. The molecule has 166 valence electrons. The van der Waals surface area contributed by atoms with Crippen molar-refractivity contribution in [3.8, 4) is 5.82 Å². The minimum absolute atomic E-state index is 0.0144. The van der Waals surface area contributed by atoms with Crippen LogP contribution in [0.2, 0.25) is 15.2 Å². The maximum absolute atomic E-state index is 13.1. The van der Waals surface area contributed by atoms with Gasteiger partial charge in [-0.3, -0.25) is 9.59 Å². The van der Waals surface area contributed by atoms with Gasteiger partial charge in [0.25, 0.3) is 11.8 Å². The summed E-state index contributed by atoms with van der Waals surface area (Å²) in [6.07, 6.45) is 0.301. The summed E-state index contributed by atoms with van der Waals surface area (Å²) in [7, 11) is 1.03. The fourth-order valence-electron chi connectivity index (χ4n) is 2.44. The van der Waals surface area contributed by atoms with Gasteiger partial charge in [0.1, 0.15) is 15.5 Å². The number of carbonyl (C=O) groups excluding carboxylic acids is 3. The van der Waals surface area contributed by atoms with E-state index in [1.165, 1.54) is 23.0 Å². The van der Waals surface area contributed by atoms with Crippen molar-refractivity contribution in [3.05, 3.63) is 61.7 Å². The molecule has 11 nitrogen and oxygen atoms in total. The largest absolute Gasteiger partial charge is 0.451 e. The summed E-state index contributed by atoms with van der Waals surface area (Å²) < 4.78 is 5.90. The van der Waals surface area contributed by atoms with Gasteiger partial charge in [-0.05, 0) is 34.1 Å². The molecule has 0 aromatic carbocycles. The molecule has 0 bridgehead atoms. The fraction of sp³-hybridized carbons (Fsp3) is 0.0588. The second kappa shape index (κ2) is 9.79. The van der Waals surface area contributed by atoms with Gasteiger partial charge in [-0.2, -0.15) is 10.1 Å². The molecule has 0 unspecified atom stereocenters. The molecular formula is C17H11BrCl3N7O4. The van der Waals surface area contributed by atoms with E-state index in [0.717, 1.165) is 7.11 Å². The number of halogens is 4. The van der Waals surface area contributed by atoms with Gasteiger partial charge in [-0.1, -0.05) is 34.8 Å². The van der Waals surface area contributed by atoms with Crippen LogP contribution in [0.5, 0.6) is 0 Å². The van der Waals surface area contributed by atoms with Crippen LogP contribution in [0.1, 0.15) is 21.0 Å². The highest BCUT2D eigenvalue weighted by atomic mass is 79.9. The second-order valence-corrected chi connectivity index (χ2v) is 7.84. The summed E-state index contributed by atoms with van der Waals surface area (Å²) in [5.41, 5.74) is -0.759. The summed E-state index contributed by atoms with van der Waals surface area (Å²) in [5, 5.41) is 6.69. The molecule has 3 heterocycles. The van der Waals surface area contributed by atoms with Crippen molar-refractivity contribution in [3.63, 3.8) is 0 Å². The normalized spacial score (nSPS) is 10.6. The van der Waals surface area contributed by atoms with Crippen LogP contribution >= 0.6 is 50.7 Å². The van der Waals surface area contributed by atoms with Crippen LogP contribution in [0, 0.1) is 0 Å². The van der Waals surface area contributed by atoms with Gasteiger partial charge in [0.05, 0.1) is 22.8 Å². The van der Waals surface area contributed by atoms with E-state index in [2.05, 4.69) is 41.1 Å². The summed E-state index contributed by atoms with van der Waals surface area (Å²) >= 11 is 21.4. The molecule has 15 heteroatoms. The zero-order valence-electron chi connectivity index (χ0n) is 15.8. The van der Waals surface area contributed by atoms with Crippen molar-refractivity contribution in [2.24, 2.45) is 5.84 Å². The average molecular weight is 564 g/mol. The zero-order chi connectivity index (χ0) is 23.6. The molecule has 32 heavy (non-hydrogen) atoms. The molecule has 0 atom stereocenters. The maximum Gasteiger partial charge on any atom is 0.431 e. The van der Waals surface area contributed by atoms with E-state index in [9.17, 15) is 14.4 Å². The highest BCUT2D eigenvalue weighted by Gasteiger charge is 2.28. The Bertz CT molecular complexity index is 1240. The molecule has 0 aliphatic carbocycles. The molecule has 0 saturated heterocycles. The standard InChI is InChI=1S/C17H11BrCl3N7O4/c1-32-17(31)27(22)16(30)13-12(8(20)5-11(21)24-13)25-15(29)9-6-10(18)26-28(9)14-7(19)3-2-4-23-14/h2-6H,22H2,1H3,(H,25,29). The topological polar surface area (TPSA) is 145 Å². The quantitative estimate of drug-likeness (QED) is 0.211. The van der Waals surface area contributed by atoms with Crippen molar-refractivity contribution in [1.82, 2.24) is 24.8 Å². The van der Waals surface area contributed by atoms with E-state index in [1.807, 2.05) is 0 Å². The number of imide groups is 1. The first-order chi connectivity index (χ1) is 15.1. The Morgan fingerprint density at radius 2 is 1.94 bits per heavy atom. The lowest BCUT2D eigenvalue weighted by Gasteiger charge is -2.16. The number of nitrogens with zero attached hydrogens (tertiary/aromatic N) is 5. The molecular weight excluding hydrogens is 552 g/mol. The molecule has 3 amide bonds. The number of anilines is 1. The predicted molar refractivity (Wildman–Crippen MR) is 119 cm³/mol. The predicted octanol–water partition coefficient (Wildman–Crippen LogP) is 3.72. The summed E-state index contributed by atoms with van der Waals surface area (Å²) in [6, 6.07) is 5.77. The number of ether oxygens (including phenoxy) is 1. The Balaban J connectivity index is 2.04. The third kappa shape index (κ3) is 4.84. The average Bonchev–Trinajstić information content (AvgIpc) is 3.15. The summed E-state index contributed by atoms with van der Waals surface area (Å²) in [4.78, 5) is 45.3. The Morgan fingerprint density at radius 1 is 1.22 bits per heavy atom. The highest BCUT2D eigenvalue weighted by Crippen LogP contribution is 2.30. The fourth-order valence-corrected chi connectivity index (χ4v) is 3.51. The van der Waals surface area contributed by atoms with E-state index in [0.29, 0.717) is 4.60 Å². The number of nitrogens with one attached hydrogen (secondary N) is 1. The van der Waals surface area contributed by atoms with Crippen molar-refractivity contribution >= 4 is 74.3 Å². The minimum Gasteiger partial charge on any atom is -0.451 e. The Hall–Kier alpha value is -2.77. The van der Waals surface area contributed by atoms with Gasteiger partial charge in [-0.25, -0.2) is 25.3 Å². The van der Waals surface area contributed by atoms with E-state index >= 15 is 0 Å². The Morgan fingerprint density at radius 3 is 2.59 bits per heavy atom. The third-order valence-electron chi connectivity index (χ3n) is 3.82. The molecule has 0 aliphatic heterocycles. The summed E-state index contributed by atoms with van der Waals surface area (Å²) in [6.45, 7) is 0. The van der Waals surface area contributed by atoms with E-state index in [4.69, 9.17) is 40.6 Å². The minimum atomic E-state index is -1.17. The Kier molecular flexibility index (Phi) is 7.31. The van der Waals surface area contributed by atoms with Crippen LogP contribution in [0.25, 0.3) is 5.82 Å². The molecule has 0 radical (unpaired) electrons. The number of methoxy groups -OCH3 is 1. The lowest BCUT2D eigenvalue weighted by Crippen LogP contribution is -2.43. The number of aromatic nitrogens is 4. The first-order valence-corrected chi connectivity index (χ1v) is 10.3.